The van der Waals surface area contributed by atoms with Crippen molar-refractivity contribution in [2.24, 2.45) is 10.9 Å². The molecule has 6 atom stereocenters. The Morgan fingerprint density at radius 3 is 2.75 bits per heavy atom. The van der Waals surface area contributed by atoms with E-state index in [1.54, 1.807) is 18.4 Å². The van der Waals surface area contributed by atoms with Gasteiger partial charge in [-0.2, -0.15) is 0 Å². The summed E-state index contributed by atoms with van der Waals surface area (Å²) in [5.74, 6) is -0.663. The molecule has 1 amide bonds. The zero-order chi connectivity index (χ0) is 37.6. The molecule has 0 radical (unpaired) electrons. The van der Waals surface area contributed by atoms with E-state index < -0.39 is 64.5 Å². The van der Waals surface area contributed by atoms with Gasteiger partial charge >= 0.3 is 15.0 Å². The number of Topliss-reactive ketones (excluding diaryl/α,β-unsaturated/α-hetero) is 1. The van der Waals surface area contributed by atoms with Crippen LogP contribution in [0, 0.1) is 12.5 Å². The summed E-state index contributed by atoms with van der Waals surface area (Å²) in [6.45, 7) is 5.50. The third kappa shape index (κ3) is 9.13. The summed E-state index contributed by atoms with van der Waals surface area (Å²) in [6.07, 6.45) is -4.34. The lowest BCUT2D eigenvalue weighted by Gasteiger charge is -2.23. The molecule has 280 valence electrons. The molecule has 2 aliphatic heterocycles. The number of aliphatic imine (C=N–C) groups is 1. The van der Waals surface area contributed by atoms with Crippen LogP contribution in [0.2, 0.25) is 0 Å². The molecule has 52 heavy (non-hydrogen) atoms. The van der Waals surface area contributed by atoms with Crippen molar-refractivity contribution >= 4 is 61.3 Å². The molecule has 24 heteroatoms. The predicted molar refractivity (Wildman–Crippen MR) is 180 cm³/mol. The van der Waals surface area contributed by atoms with Gasteiger partial charge in [0.05, 0.1) is 32.2 Å². The lowest BCUT2D eigenvalue weighted by atomic mass is 10.1. The number of halogens is 1. The van der Waals surface area contributed by atoms with Crippen LogP contribution in [0.25, 0.3) is 16.0 Å². The fourth-order valence-corrected chi connectivity index (χ4v) is 7.38. The third-order valence-electron chi connectivity index (χ3n) is 7.59. The van der Waals surface area contributed by atoms with Crippen molar-refractivity contribution in [3.05, 3.63) is 41.3 Å². The molecule has 0 saturated carbocycles. The zero-order valence-electron chi connectivity index (χ0n) is 28.0. The number of methoxy groups -OCH3 is 1. The van der Waals surface area contributed by atoms with Crippen LogP contribution in [0.15, 0.2) is 17.5 Å². The van der Waals surface area contributed by atoms with Gasteiger partial charge in [0, 0.05) is 24.1 Å². The van der Waals surface area contributed by atoms with Crippen molar-refractivity contribution in [3.8, 4) is 0 Å². The van der Waals surface area contributed by atoms with Crippen molar-refractivity contribution in [2.45, 2.75) is 64.6 Å². The van der Waals surface area contributed by atoms with Crippen LogP contribution in [0.1, 0.15) is 48.6 Å². The largest absolute Gasteiger partial charge is 0.695 e. The van der Waals surface area contributed by atoms with E-state index in [2.05, 4.69) is 35.1 Å². The second-order valence-corrected chi connectivity index (χ2v) is 15.2. The van der Waals surface area contributed by atoms with Gasteiger partial charge in [-0.1, -0.05) is 13.8 Å². The number of aliphatic hydroxyl groups is 1. The average Bonchev–Trinajstić information content (AvgIpc) is 3.77. The first kappa shape index (κ1) is 39.6. The minimum atomic E-state index is -3.71. The second-order valence-electron chi connectivity index (χ2n) is 11.5. The third-order valence-corrected chi connectivity index (χ3v) is 10.4. The van der Waals surface area contributed by atoms with Gasteiger partial charge in [0.1, 0.15) is 43.1 Å². The van der Waals surface area contributed by atoms with Gasteiger partial charge in [0.25, 0.3) is 0 Å². The van der Waals surface area contributed by atoms with E-state index in [1.165, 1.54) is 17.9 Å². The molecule has 3 aromatic rings. The van der Waals surface area contributed by atoms with E-state index in [4.69, 9.17) is 45.9 Å². The predicted octanol–water partition coefficient (Wildman–Crippen LogP) is 2.21. The SMILES string of the molecule is [C-]#[N+]CCOP(=S)(OCCn1c(CO)nc2cnc(COC)nc21)OC[C@H]1O[C@@H](n2cnc3c2N=C(NC(=O)C(C)C)CC3=O)[C@H](O[P+](=O)O)[C@@H]1F. The smallest absolute Gasteiger partial charge is 0.388 e. The van der Waals surface area contributed by atoms with Crippen molar-refractivity contribution in [3.63, 3.8) is 0 Å². The van der Waals surface area contributed by atoms with E-state index in [0.29, 0.717) is 17.0 Å². The Kier molecular flexibility index (Phi) is 13.3. The van der Waals surface area contributed by atoms with Gasteiger partial charge in [0.15, 0.2) is 47.3 Å². The maximum Gasteiger partial charge on any atom is 0.695 e. The Morgan fingerprint density at radius 2 is 2.06 bits per heavy atom. The van der Waals surface area contributed by atoms with Gasteiger partial charge < -0.3 is 42.9 Å². The highest BCUT2D eigenvalue weighted by Gasteiger charge is 2.53. The number of alkyl halides is 1. The van der Waals surface area contributed by atoms with Crippen LogP contribution < -0.4 is 5.32 Å². The van der Waals surface area contributed by atoms with Crippen LogP contribution in [-0.4, -0.2) is 108 Å². The van der Waals surface area contributed by atoms with Gasteiger partial charge in [-0.3, -0.25) is 14.2 Å². The van der Waals surface area contributed by atoms with E-state index in [-0.39, 0.29) is 68.4 Å². The Labute approximate surface area is 301 Å². The number of ether oxygens (including phenoxy) is 2. The fraction of sp³-hybridized carbons (Fsp3) is 0.571. The summed E-state index contributed by atoms with van der Waals surface area (Å²) < 4.78 is 63.9. The molecule has 0 spiro atoms. The van der Waals surface area contributed by atoms with Crippen LogP contribution >= 0.6 is 15.0 Å². The minimum Gasteiger partial charge on any atom is -0.388 e. The maximum absolute atomic E-state index is 16.0. The number of carbonyl (C=O) groups is 2. The number of aliphatic hydroxyl groups excluding tert-OH is 1. The molecule has 1 fully saturated rings. The molecular weight excluding hydrogens is 751 g/mol. The number of nitrogens with one attached hydrogen (secondary N) is 1. The standard InChI is InChI=1S/C28H34FN9O11P2S/c1-15(2)27(41)36-19-9-17(40)23-26(34-19)38(14-32-23)28-24(49-50(42)43)22(29)18(48-28)12-47-51(52,45-7-5-30-3)46-8-6-37-21(11-39)33-16-10-31-20(13-44-4)35-25(16)37/h10,14-15,18,22,24,28,39H,5-9,11-13H2,1-2,4H3,(H-,34,36,40,41,42,43)/p+1/t18-,22-,24-,28-,51?/m1/s1. The van der Waals surface area contributed by atoms with Crippen LogP contribution in [-0.2, 0) is 68.5 Å². The Balaban J connectivity index is 1.33. The summed E-state index contributed by atoms with van der Waals surface area (Å²) >= 11 is 5.59. The van der Waals surface area contributed by atoms with Gasteiger partial charge in [-0.05, 0) is 11.8 Å². The second kappa shape index (κ2) is 17.5. The van der Waals surface area contributed by atoms with Crippen LogP contribution in [0.3, 0.4) is 0 Å². The van der Waals surface area contributed by atoms with Crippen molar-refractivity contribution in [2.75, 3.05) is 33.5 Å². The van der Waals surface area contributed by atoms with E-state index in [1.807, 2.05) is 0 Å². The van der Waals surface area contributed by atoms with E-state index in [9.17, 15) is 24.2 Å². The van der Waals surface area contributed by atoms with E-state index >= 15 is 4.39 Å². The number of nitrogens with zero attached hydrogens (tertiary/aromatic N) is 8. The number of rotatable bonds is 17. The summed E-state index contributed by atoms with van der Waals surface area (Å²) in [5.41, 5.74) is 0.739. The quantitative estimate of drug-likeness (QED) is 0.101. The lowest BCUT2D eigenvalue weighted by molar-refractivity contribution is -0.122. The molecule has 20 nitrogen and oxygen atoms in total. The molecule has 3 N–H and O–H groups in total. The molecule has 5 heterocycles. The Bertz CT molecular complexity index is 1940. The summed E-state index contributed by atoms with van der Waals surface area (Å²) in [5, 5.41) is 12.5. The normalized spacial score (nSPS) is 21.5. The molecule has 5 rings (SSSR count). The van der Waals surface area contributed by atoms with Crippen LogP contribution in [0.4, 0.5) is 10.2 Å². The summed E-state index contributed by atoms with van der Waals surface area (Å²) in [7, 11) is -1.84. The number of aromatic nitrogens is 6. The molecule has 2 aliphatic rings. The molecule has 3 aromatic heterocycles. The lowest BCUT2D eigenvalue weighted by Crippen LogP contribution is -2.36. The summed E-state index contributed by atoms with van der Waals surface area (Å²) in [4.78, 5) is 59.3. The number of hydrogen-bond donors (Lipinski definition) is 3. The molecule has 2 unspecified atom stereocenters. The average molecular weight is 787 g/mol. The highest BCUT2D eigenvalue weighted by molar-refractivity contribution is 8.07. The zero-order valence-corrected chi connectivity index (χ0v) is 30.6. The first-order chi connectivity index (χ1) is 24.9. The first-order valence-electron chi connectivity index (χ1n) is 15.7. The number of carbonyl (C=O) groups excluding carboxylic acids is 2. The van der Waals surface area contributed by atoms with Gasteiger partial charge in [0.2, 0.25) is 12.5 Å². The van der Waals surface area contributed by atoms with Crippen molar-refractivity contribution in [1.29, 1.82) is 0 Å². The maximum atomic E-state index is 16.0. The topological polar surface area (TPSA) is 237 Å². The highest BCUT2D eigenvalue weighted by atomic mass is 32.5. The monoisotopic (exact) mass is 786 g/mol. The van der Waals surface area contributed by atoms with Gasteiger partial charge in [-0.25, -0.2) is 35.9 Å². The van der Waals surface area contributed by atoms with Crippen molar-refractivity contribution < 1.29 is 56.1 Å². The Morgan fingerprint density at radius 1 is 1.29 bits per heavy atom. The van der Waals surface area contributed by atoms with Crippen LogP contribution in [0.5, 0.6) is 0 Å². The molecule has 0 bridgehead atoms. The van der Waals surface area contributed by atoms with Crippen molar-refractivity contribution in [1.82, 2.24) is 34.4 Å². The first-order valence-corrected chi connectivity index (χ1v) is 19.3. The number of imidazole rings is 2. The molecule has 0 aromatic carbocycles. The van der Waals surface area contributed by atoms with Gasteiger partial charge in [-0.15, -0.1) is 9.42 Å². The minimum absolute atomic E-state index is 0.0328. The molecule has 1 saturated heterocycles. The fourth-order valence-electron chi connectivity index (χ4n) is 5.15. The molecule has 0 aliphatic carbocycles. The molecular formula is C28H35FN9O11P2S+. The number of amidine groups is 1. The van der Waals surface area contributed by atoms with E-state index in [0.717, 1.165) is 6.33 Å². The number of ketones is 1. The Hall–Kier alpha value is -3.58. The highest BCUT2D eigenvalue weighted by Crippen LogP contribution is 2.51. The summed E-state index contributed by atoms with van der Waals surface area (Å²) in [6, 6.07) is 0. The number of fused-ring (bicyclic) bond motifs is 2. The number of hydrogen-bond acceptors (Lipinski definition) is 16. The number of amides is 1.